The third kappa shape index (κ3) is 4.88. The Morgan fingerprint density at radius 1 is 1.67 bits per heavy atom. The molecule has 0 rings (SSSR count). The Hall–Kier alpha value is 0.400. The summed E-state index contributed by atoms with van der Waals surface area (Å²) in [7, 11) is -4.11. The van der Waals surface area contributed by atoms with Crippen LogP contribution in [-0.2, 0) is 10.1 Å². The van der Waals surface area contributed by atoms with Gasteiger partial charge in [0.25, 0.3) is 10.1 Å². The normalized spacial score (nSPS) is 13.0. The molecule has 0 aromatic carbocycles. The molecule has 9 heavy (non-hydrogen) atoms. The molecular weight excluding hydrogens is 153 g/mol. The van der Waals surface area contributed by atoms with Crippen molar-refractivity contribution in [3.8, 4) is 6.07 Å². The molecule has 0 bridgehead atoms. The molecule has 0 saturated heterocycles. The number of rotatable bonds is 1. The predicted molar refractivity (Wildman–Crippen MR) is 33.8 cm³/mol. The summed E-state index contributed by atoms with van der Waals surface area (Å²) in [6.45, 7) is 1.11. The summed E-state index contributed by atoms with van der Waals surface area (Å²) < 4.78 is 27.8. The first-order valence-corrected chi connectivity index (χ1v) is 3.34. The van der Waals surface area contributed by atoms with Crippen molar-refractivity contribution in [1.82, 2.24) is 0 Å². The van der Waals surface area contributed by atoms with E-state index >= 15 is 0 Å². The molecule has 0 spiro atoms. The van der Waals surface area contributed by atoms with Crippen LogP contribution in [-0.4, -0.2) is 47.8 Å². The van der Waals surface area contributed by atoms with Crippen LogP contribution < -0.4 is 0 Å². The molecule has 0 aliphatic heterocycles. The predicted octanol–water partition coefficient (Wildman–Crippen LogP) is -0.862. The molecule has 4 nitrogen and oxygen atoms in total. The van der Waals surface area contributed by atoms with Gasteiger partial charge in [-0.3, -0.25) is 4.55 Å². The molecule has 0 aliphatic rings. The summed E-state index contributed by atoms with van der Waals surface area (Å²) in [5.41, 5.74) is 0. The minimum absolute atomic E-state index is 0. The minimum atomic E-state index is -4.11. The summed E-state index contributed by atoms with van der Waals surface area (Å²) in [5.74, 6) is 0. The summed E-state index contributed by atoms with van der Waals surface area (Å²) in [6, 6.07) is 1.37. The maximum absolute atomic E-state index is 9.90. The number of nitriles is 1. The van der Waals surface area contributed by atoms with Gasteiger partial charge in [-0.15, -0.1) is 0 Å². The van der Waals surface area contributed by atoms with E-state index in [9.17, 15) is 8.42 Å². The van der Waals surface area contributed by atoms with E-state index in [0.29, 0.717) is 0 Å². The van der Waals surface area contributed by atoms with Crippen molar-refractivity contribution in [3.63, 3.8) is 0 Å². The molecule has 0 radical (unpaired) electrons. The Bertz CT molecular complexity index is 204. The number of hydrogen-bond donors (Lipinski definition) is 1. The van der Waals surface area contributed by atoms with E-state index in [0.717, 1.165) is 6.92 Å². The molecule has 0 amide bonds. The third-order valence-corrected chi connectivity index (χ3v) is 1.63. The average molecular weight is 159 g/mol. The molecule has 0 fully saturated rings. The van der Waals surface area contributed by atoms with Crippen LogP contribution in [0.3, 0.4) is 0 Å². The van der Waals surface area contributed by atoms with Crippen LogP contribution in [0.4, 0.5) is 0 Å². The van der Waals surface area contributed by atoms with Crippen LogP contribution in [0.25, 0.3) is 0 Å². The van der Waals surface area contributed by atoms with Crippen LogP contribution in [0.2, 0.25) is 0 Å². The Morgan fingerprint density at radius 2 is 2.00 bits per heavy atom. The quantitative estimate of drug-likeness (QED) is 0.398. The monoisotopic (exact) mass is 159 g/mol. The van der Waals surface area contributed by atoms with Gasteiger partial charge in [0.15, 0.2) is 5.25 Å². The van der Waals surface area contributed by atoms with Gasteiger partial charge in [-0.25, -0.2) is 0 Å². The van der Waals surface area contributed by atoms with E-state index in [-0.39, 0.29) is 29.6 Å². The first kappa shape index (κ1) is 12.1. The van der Waals surface area contributed by atoms with Gasteiger partial charge in [-0.2, -0.15) is 13.7 Å². The molecule has 1 N–H and O–H groups in total. The Morgan fingerprint density at radius 3 is 2.00 bits per heavy atom. The second-order valence-corrected chi connectivity index (χ2v) is 3.02. The molecule has 1 unspecified atom stereocenters. The van der Waals surface area contributed by atoms with Gasteiger partial charge < -0.3 is 0 Å². The molecule has 0 aromatic heterocycles. The SMILES string of the molecule is CC(C#N)S(=O)(=O)O.[NaH]. The van der Waals surface area contributed by atoms with Crippen LogP contribution >= 0.6 is 0 Å². The van der Waals surface area contributed by atoms with Crippen molar-refractivity contribution in [3.05, 3.63) is 0 Å². The first-order valence-electron chi connectivity index (χ1n) is 1.84. The van der Waals surface area contributed by atoms with E-state index in [1.165, 1.54) is 6.07 Å². The fraction of sp³-hybridized carbons (Fsp3) is 0.667. The van der Waals surface area contributed by atoms with E-state index < -0.39 is 15.4 Å². The Labute approximate surface area is 75.9 Å². The van der Waals surface area contributed by atoms with Crippen molar-refractivity contribution in [2.45, 2.75) is 12.2 Å². The number of nitrogens with zero attached hydrogens (tertiary/aromatic N) is 1. The zero-order valence-electron chi connectivity index (χ0n) is 4.20. The van der Waals surface area contributed by atoms with Crippen molar-refractivity contribution >= 4 is 39.7 Å². The van der Waals surface area contributed by atoms with Gasteiger partial charge in [-0.1, -0.05) is 0 Å². The Balaban J connectivity index is 0. The summed E-state index contributed by atoms with van der Waals surface area (Å²) in [4.78, 5) is 0. The Kier molecular flexibility index (Phi) is 5.72. The number of hydrogen-bond acceptors (Lipinski definition) is 3. The van der Waals surface area contributed by atoms with Crippen LogP contribution in [0, 0.1) is 11.3 Å². The van der Waals surface area contributed by atoms with Crippen molar-refractivity contribution in [1.29, 1.82) is 5.26 Å². The van der Waals surface area contributed by atoms with Gasteiger partial charge in [0.1, 0.15) is 0 Å². The van der Waals surface area contributed by atoms with Gasteiger partial charge in [0.05, 0.1) is 6.07 Å². The first-order chi connectivity index (χ1) is 3.48. The summed E-state index contributed by atoms with van der Waals surface area (Å²) in [6.07, 6.45) is 0. The van der Waals surface area contributed by atoms with Crippen LogP contribution in [0.5, 0.6) is 0 Å². The standard InChI is InChI=1S/C3H5NO3S.Na.H/c1-3(2-4)8(5,6)7;;/h3H,1H3,(H,5,6,7);;. The third-order valence-electron chi connectivity index (χ3n) is 0.629. The molecule has 0 aromatic rings. The van der Waals surface area contributed by atoms with Crippen LogP contribution in [0.15, 0.2) is 0 Å². The van der Waals surface area contributed by atoms with Gasteiger partial charge in [0.2, 0.25) is 0 Å². The van der Waals surface area contributed by atoms with Gasteiger partial charge >= 0.3 is 29.6 Å². The zero-order chi connectivity index (χ0) is 6.78. The molecule has 48 valence electrons. The summed E-state index contributed by atoms with van der Waals surface area (Å²) in [5, 5.41) is 6.56. The second kappa shape index (κ2) is 4.25. The topological polar surface area (TPSA) is 78.2 Å². The van der Waals surface area contributed by atoms with Crippen molar-refractivity contribution in [2.75, 3.05) is 0 Å². The fourth-order valence-corrected chi connectivity index (χ4v) is 0.200. The van der Waals surface area contributed by atoms with Gasteiger partial charge in [-0.05, 0) is 6.92 Å². The molecule has 0 heterocycles. The van der Waals surface area contributed by atoms with Gasteiger partial charge in [0, 0.05) is 0 Å². The van der Waals surface area contributed by atoms with Crippen LogP contribution in [0.1, 0.15) is 6.92 Å². The average Bonchev–Trinajstić information content (AvgIpc) is 1.62. The van der Waals surface area contributed by atoms with Crippen molar-refractivity contribution < 1.29 is 13.0 Å². The maximum atomic E-state index is 9.90. The van der Waals surface area contributed by atoms with E-state index in [4.69, 9.17) is 9.81 Å². The molecule has 1 atom stereocenters. The van der Waals surface area contributed by atoms with E-state index in [1.807, 2.05) is 0 Å². The van der Waals surface area contributed by atoms with E-state index in [2.05, 4.69) is 0 Å². The zero-order valence-corrected chi connectivity index (χ0v) is 5.01. The fourth-order valence-electron chi connectivity index (χ4n) is 0.0666. The molecular formula is C3H6NNaO3S. The molecule has 0 saturated carbocycles. The second-order valence-electron chi connectivity index (χ2n) is 1.29. The molecule has 0 aliphatic carbocycles. The van der Waals surface area contributed by atoms with Crippen molar-refractivity contribution in [2.24, 2.45) is 0 Å². The molecule has 6 heteroatoms. The summed E-state index contributed by atoms with van der Waals surface area (Å²) >= 11 is 0. The van der Waals surface area contributed by atoms with E-state index in [1.54, 1.807) is 0 Å².